The summed E-state index contributed by atoms with van der Waals surface area (Å²) in [7, 11) is 2.00. The Morgan fingerprint density at radius 3 is 2.79 bits per heavy atom. The fourth-order valence-corrected chi connectivity index (χ4v) is 2.34. The molecule has 0 aliphatic heterocycles. The molecular formula is C15H17BrN2O. The van der Waals surface area contributed by atoms with Crippen LogP contribution in [0.4, 0.5) is 5.82 Å². The first-order valence-corrected chi connectivity index (χ1v) is 6.95. The summed E-state index contributed by atoms with van der Waals surface area (Å²) in [6.07, 6.45) is 1.26. The van der Waals surface area contributed by atoms with Crippen molar-refractivity contribution in [1.82, 2.24) is 4.98 Å². The van der Waals surface area contributed by atoms with Crippen LogP contribution in [-0.2, 0) is 6.54 Å². The molecule has 2 aromatic rings. The van der Waals surface area contributed by atoms with Crippen LogP contribution in [0.1, 0.15) is 24.2 Å². The number of anilines is 1. The third-order valence-electron chi connectivity index (χ3n) is 2.95. The molecule has 1 N–H and O–H groups in total. The fourth-order valence-electron chi connectivity index (χ4n) is 1.89. The predicted molar refractivity (Wildman–Crippen MR) is 81.1 cm³/mol. The van der Waals surface area contributed by atoms with Crippen molar-refractivity contribution in [3.8, 4) is 0 Å². The summed E-state index contributed by atoms with van der Waals surface area (Å²) in [5.41, 5.74) is 2.09. The van der Waals surface area contributed by atoms with Crippen molar-refractivity contribution in [2.45, 2.75) is 19.6 Å². The van der Waals surface area contributed by atoms with Gasteiger partial charge in [-0.05, 0) is 42.3 Å². The molecule has 0 aliphatic rings. The lowest BCUT2D eigenvalue weighted by atomic mass is 10.1. The van der Waals surface area contributed by atoms with E-state index in [9.17, 15) is 5.11 Å². The summed E-state index contributed by atoms with van der Waals surface area (Å²) in [4.78, 5) is 6.41. The molecule has 0 amide bonds. The Kier molecular flexibility index (Phi) is 4.56. The molecule has 19 heavy (non-hydrogen) atoms. The number of hydrogen-bond acceptors (Lipinski definition) is 3. The van der Waals surface area contributed by atoms with E-state index < -0.39 is 6.10 Å². The van der Waals surface area contributed by atoms with E-state index in [2.05, 4.69) is 37.9 Å². The van der Waals surface area contributed by atoms with E-state index in [1.165, 1.54) is 5.56 Å². The highest BCUT2D eigenvalue weighted by molar-refractivity contribution is 9.10. The molecule has 2 rings (SSSR count). The van der Waals surface area contributed by atoms with Gasteiger partial charge < -0.3 is 10.0 Å². The van der Waals surface area contributed by atoms with Gasteiger partial charge in [-0.1, -0.05) is 28.1 Å². The Morgan fingerprint density at radius 2 is 2.11 bits per heavy atom. The van der Waals surface area contributed by atoms with Gasteiger partial charge in [-0.25, -0.2) is 4.98 Å². The molecule has 0 aliphatic carbocycles. The molecule has 0 saturated heterocycles. The fraction of sp³-hybridized carbons (Fsp3) is 0.267. The second kappa shape index (κ2) is 6.17. The molecule has 1 atom stereocenters. The largest absolute Gasteiger partial charge is 0.389 e. The molecule has 3 nitrogen and oxygen atoms in total. The zero-order valence-electron chi connectivity index (χ0n) is 11.0. The van der Waals surface area contributed by atoms with Crippen LogP contribution in [0, 0.1) is 0 Å². The van der Waals surface area contributed by atoms with Gasteiger partial charge in [0, 0.05) is 24.3 Å². The molecular weight excluding hydrogens is 304 g/mol. The van der Waals surface area contributed by atoms with Crippen LogP contribution in [-0.4, -0.2) is 17.1 Å². The lowest BCUT2D eigenvalue weighted by Gasteiger charge is -2.19. The van der Waals surface area contributed by atoms with Gasteiger partial charge in [0.1, 0.15) is 5.82 Å². The summed E-state index contributed by atoms with van der Waals surface area (Å²) in [6.45, 7) is 2.53. The van der Waals surface area contributed by atoms with Crippen molar-refractivity contribution in [2.24, 2.45) is 0 Å². The molecule has 1 aromatic carbocycles. The van der Waals surface area contributed by atoms with E-state index in [4.69, 9.17) is 0 Å². The average molecular weight is 321 g/mol. The Hall–Kier alpha value is -1.39. The summed E-state index contributed by atoms with van der Waals surface area (Å²) < 4.78 is 1.07. The van der Waals surface area contributed by atoms with Gasteiger partial charge >= 0.3 is 0 Å². The Morgan fingerprint density at radius 1 is 1.32 bits per heavy atom. The third-order valence-corrected chi connectivity index (χ3v) is 3.45. The van der Waals surface area contributed by atoms with Crippen LogP contribution < -0.4 is 4.90 Å². The summed E-state index contributed by atoms with van der Waals surface area (Å²) in [5.74, 6) is 0.860. The molecule has 4 heteroatoms. The molecule has 0 unspecified atom stereocenters. The highest BCUT2D eigenvalue weighted by atomic mass is 79.9. The normalized spacial score (nSPS) is 12.2. The quantitative estimate of drug-likeness (QED) is 0.936. The van der Waals surface area contributed by atoms with E-state index in [1.807, 2.05) is 31.3 Å². The summed E-state index contributed by atoms with van der Waals surface area (Å²) in [6, 6.07) is 12.0. The van der Waals surface area contributed by atoms with Crippen molar-refractivity contribution < 1.29 is 5.11 Å². The van der Waals surface area contributed by atoms with Gasteiger partial charge in [0.05, 0.1) is 6.10 Å². The minimum Gasteiger partial charge on any atom is -0.389 e. The van der Waals surface area contributed by atoms with Crippen LogP contribution in [0.3, 0.4) is 0 Å². The molecule has 1 heterocycles. The number of pyridine rings is 1. The third kappa shape index (κ3) is 3.78. The number of aliphatic hydroxyl groups excluding tert-OH is 1. The molecule has 0 saturated carbocycles. The van der Waals surface area contributed by atoms with Gasteiger partial charge in [0.2, 0.25) is 0 Å². The van der Waals surface area contributed by atoms with E-state index in [-0.39, 0.29) is 0 Å². The maximum Gasteiger partial charge on any atom is 0.128 e. The van der Waals surface area contributed by atoms with Gasteiger partial charge in [0.25, 0.3) is 0 Å². The smallest absolute Gasteiger partial charge is 0.128 e. The number of rotatable bonds is 4. The van der Waals surface area contributed by atoms with E-state index in [0.29, 0.717) is 0 Å². The minimum absolute atomic E-state index is 0.471. The number of halogens is 1. The Balaban J connectivity index is 2.15. The maximum atomic E-state index is 9.60. The van der Waals surface area contributed by atoms with Crippen molar-refractivity contribution in [3.63, 3.8) is 0 Å². The SMILES string of the molecule is C[C@@H](O)c1ccnc(N(C)Cc2cccc(Br)c2)c1. The second-order valence-electron chi connectivity index (χ2n) is 4.61. The first kappa shape index (κ1) is 14.0. The number of benzene rings is 1. The van der Waals surface area contributed by atoms with E-state index >= 15 is 0 Å². The summed E-state index contributed by atoms with van der Waals surface area (Å²) in [5, 5.41) is 9.60. The van der Waals surface area contributed by atoms with E-state index in [0.717, 1.165) is 22.4 Å². The van der Waals surface area contributed by atoms with Crippen LogP contribution in [0.25, 0.3) is 0 Å². The monoisotopic (exact) mass is 320 g/mol. The van der Waals surface area contributed by atoms with Crippen molar-refractivity contribution >= 4 is 21.7 Å². The van der Waals surface area contributed by atoms with Gasteiger partial charge in [-0.2, -0.15) is 0 Å². The van der Waals surface area contributed by atoms with Crippen LogP contribution in [0.5, 0.6) is 0 Å². The number of hydrogen-bond donors (Lipinski definition) is 1. The van der Waals surface area contributed by atoms with E-state index in [1.54, 1.807) is 13.1 Å². The Labute approximate surface area is 122 Å². The highest BCUT2D eigenvalue weighted by Gasteiger charge is 2.07. The average Bonchev–Trinajstić information content (AvgIpc) is 2.39. The van der Waals surface area contributed by atoms with Gasteiger partial charge in [0.15, 0.2) is 0 Å². The molecule has 0 bridgehead atoms. The lowest BCUT2D eigenvalue weighted by molar-refractivity contribution is 0.199. The lowest BCUT2D eigenvalue weighted by Crippen LogP contribution is -2.17. The minimum atomic E-state index is -0.471. The number of aliphatic hydroxyl groups is 1. The van der Waals surface area contributed by atoms with Crippen LogP contribution in [0.2, 0.25) is 0 Å². The predicted octanol–water partition coefficient (Wildman–Crippen LogP) is 3.53. The maximum absolute atomic E-state index is 9.60. The standard InChI is InChI=1S/C15H17BrN2O/c1-11(19)13-6-7-17-15(9-13)18(2)10-12-4-3-5-14(16)8-12/h3-9,11,19H,10H2,1-2H3/t11-/m1/s1. The zero-order valence-corrected chi connectivity index (χ0v) is 12.6. The highest BCUT2D eigenvalue weighted by Crippen LogP contribution is 2.19. The topological polar surface area (TPSA) is 36.4 Å². The van der Waals surface area contributed by atoms with Crippen molar-refractivity contribution in [3.05, 3.63) is 58.2 Å². The molecule has 0 radical (unpaired) electrons. The zero-order chi connectivity index (χ0) is 13.8. The van der Waals surface area contributed by atoms with Crippen LogP contribution >= 0.6 is 15.9 Å². The first-order chi connectivity index (χ1) is 9.06. The summed E-state index contributed by atoms with van der Waals surface area (Å²) >= 11 is 3.47. The second-order valence-corrected chi connectivity index (χ2v) is 5.53. The molecule has 100 valence electrons. The molecule has 0 fully saturated rings. The van der Waals surface area contributed by atoms with Gasteiger partial charge in [-0.3, -0.25) is 0 Å². The Bertz CT molecular complexity index is 557. The molecule has 0 spiro atoms. The number of aromatic nitrogens is 1. The first-order valence-electron chi connectivity index (χ1n) is 6.16. The van der Waals surface area contributed by atoms with Crippen molar-refractivity contribution in [1.29, 1.82) is 0 Å². The number of nitrogens with zero attached hydrogens (tertiary/aromatic N) is 2. The van der Waals surface area contributed by atoms with Gasteiger partial charge in [-0.15, -0.1) is 0 Å². The van der Waals surface area contributed by atoms with Crippen molar-refractivity contribution in [2.75, 3.05) is 11.9 Å². The molecule has 1 aromatic heterocycles. The van der Waals surface area contributed by atoms with Crippen LogP contribution in [0.15, 0.2) is 47.1 Å².